The minimum atomic E-state index is -0.119. The van der Waals surface area contributed by atoms with Crippen molar-refractivity contribution in [3.63, 3.8) is 0 Å². The number of amides is 1. The Morgan fingerprint density at radius 3 is 2.69 bits per heavy atom. The molecule has 3 N–H and O–H groups in total. The number of phenolic OH excluding ortho intramolecular Hbond substituents is 1. The van der Waals surface area contributed by atoms with E-state index >= 15 is 0 Å². The number of benzene rings is 1. The lowest BCUT2D eigenvalue weighted by Crippen LogP contribution is -2.37. The van der Waals surface area contributed by atoms with E-state index in [1.54, 1.807) is 23.1 Å². The third kappa shape index (κ3) is 2.17. The molecule has 1 aliphatic rings. The van der Waals surface area contributed by atoms with Crippen LogP contribution in [0.3, 0.4) is 0 Å². The second kappa shape index (κ2) is 4.53. The number of phenols is 1. The van der Waals surface area contributed by atoms with Crippen LogP contribution in [0.5, 0.6) is 5.75 Å². The van der Waals surface area contributed by atoms with Gasteiger partial charge in [-0.2, -0.15) is 0 Å². The lowest BCUT2D eigenvalue weighted by Gasteiger charge is -2.21. The zero-order chi connectivity index (χ0) is 11.5. The van der Waals surface area contributed by atoms with Crippen molar-refractivity contribution in [1.29, 1.82) is 0 Å². The fourth-order valence-corrected chi connectivity index (χ4v) is 1.78. The molecule has 16 heavy (non-hydrogen) atoms. The van der Waals surface area contributed by atoms with E-state index in [-0.39, 0.29) is 11.7 Å². The molecule has 1 aromatic carbocycles. The van der Waals surface area contributed by atoms with Gasteiger partial charge in [-0.1, -0.05) is 12.1 Å². The smallest absolute Gasteiger partial charge is 0.257 e. The molecule has 1 saturated carbocycles. The van der Waals surface area contributed by atoms with Crippen molar-refractivity contribution in [1.82, 2.24) is 4.90 Å². The third-order valence-corrected chi connectivity index (χ3v) is 2.75. The van der Waals surface area contributed by atoms with Crippen LogP contribution in [0.2, 0.25) is 0 Å². The molecule has 1 aromatic rings. The second-order valence-electron chi connectivity index (χ2n) is 4.04. The van der Waals surface area contributed by atoms with E-state index < -0.39 is 0 Å². The zero-order valence-corrected chi connectivity index (χ0v) is 9.10. The maximum atomic E-state index is 12.1. The number of para-hydroxylation sites is 1. The van der Waals surface area contributed by atoms with Crippen LogP contribution in [0.15, 0.2) is 24.3 Å². The van der Waals surface area contributed by atoms with Crippen molar-refractivity contribution in [2.45, 2.75) is 18.9 Å². The van der Waals surface area contributed by atoms with E-state index in [0.717, 1.165) is 12.8 Å². The fourth-order valence-electron chi connectivity index (χ4n) is 1.78. The molecule has 1 fully saturated rings. The predicted molar refractivity (Wildman–Crippen MR) is 61.2 cm³/mol. The van der Waals surface area contributed by atoms with E-state index in [1.165, 1.54) is 6.07 Å². The molecule has 0 radical (unpaired) electrons. The van der Waals surface area contributed by atoms with E-state index in [4.69, 9.17) is 5.73 Å². The molecule has 0 atom stereocenters. The van der Waals surface area contributed by atoms with Gasteiger partial charge in [0.1, 0.15) is 5.75 Å². The van der Waals surface area contributed by atoms with Gasteiger partial charge in [0.15, 0.2) is 0 Å². The Bertz CT molecular complexity index is 388. The highest BCUT2D eigenvalue weighted by Crippen LogP contribution is 2.29. The highest BCUT2D eigenvalue weighted by molar-refractivity contribution is 5.97. The van der Waals surface area contributed by atoms with E-state index in [1.807, 2.05) is 0 Å². The first-order valence-corrected chi connectivity index (χ1v) is 5.53. The zero-order valence-electron chi connectivity index (χ0n) is 9.10. The minimum Gasteiger partial charge on any atom is -0.507 e. The third-order valence-electron chi connectivity index (χ3n) is 2.75. The summed E-state index contributed by atoms with van der Waals surface area (Å²) in [6, 6.07) is 6.94. The van der Waals surface area contributed by atoms with Gasteiger partial charge >= 0.3 is 0 Å². The molecule has 0 unspecified atom stereocenters. The van der Waals surface area contributed by atoms with Crippen molar-refractivity contribution in [3.05, 3.63) is 29.8 Å². The SMILES string of the molecule is NCCN(C(=O)c1ccccc1O)C1CC1. The largest absolute Gasteiger partial charge is 0.507 e. The molecule has 0 aliphatic heterocycles. The standard InChI is InChI=1S/C12H16N2O2/c13-7-8-14(9-5-6-9)12(16)10-3-1-2-4-11(10)15/h1-4,9,15H,5-8,13H2. The molecule has 4 heteroatoms. The number of hydrogen-bond donors (Lipinski definition) is 2. The van der Waals surface area contributed by atoms with Gasteiger partial charge in [0.05, 0.1) is 5.56 Å². The summed E-state index contributed by atoms with van der Waals surface area (Å²) >= 11 is 0. The number of carbonyl (C=O) groups is 1. The fraction of sp³-hybridized carbons (Fsp3) is 0.417. The maximum absolute atomic E-state index is 12.1. The van der Waals surface area contributed by atoms with Gasteiger partial charge in [0.25, 0.3) is 5.91 Å². The van der Waals surface area contributed by atoms with Crippen LogP contribution in [-0.2, 0) is 0 Å². The van der Waals surface area contributed by atoms with Crippen LogP contribution in [0.25, 0.3) is 0 Å². The number of nitrogens with two attached hydrogens (primary N) is 1. The summed E-state index contributed by atoms with van der Waals surface area (Å²) in [6.45, 7) is 1.01. The summed E-state index contributed by atoms with van der Waals surface area (Å²) in [6.07, 6.45) is 2.08. The number of rotatable bonds is 4. The summed E-state index contributed by atoms with van der Waals surface area (Å²) in [5.74, 6) is -0.0822. The number of nitrogens with zero attached hydrogens (tertiary/aromatic N) is 1. The average Bonchev–Trinajstić information content (AvgIpc) is 3.09. The van der Waals surface area contributed by atoms with Gasteiger partial charge in [-0.3, -0.25) is 4.79 Å². The number of carbonyl (C=O) groups excluding carboxylic acids is 1. The Labute approximate surface area is 94.7 Å². The Balaban J connectivity index is 2.19. The average molecular weight is 220 g/mol. The number of hydrogen-bond acceptors (Lipinski definition) is 3. The lowest BCUT2D eigenvalue weighted by atomic mass is 10.1. The normalized spacial score (nSPS) is 14.8. The molecule has 0 heterocycles. The summed E-state index contributed by atoms with van der Waals surface area (Å²) in [7, 11) is 0. The first-order valence-electron chi connectivity index (χ1n) is 5.53. The predicted octanol–water partition coefficient (Wildman–Crippen LogP) is 0.955. The Hall–Kier alpha value is -1.55. The molecule has 1 aliphatic carbocycles. The van der Waals surface area contributed by atoms with E-state index in [2.05, 4.69) is 0 Å². The van der Waals surface area contributed by atoms with Gasteiger partial charge in [0, 0.05) is 19.1 Å². The van der Waals surface area contributed by atoms with Crippen molar-refractivity contribution in [2.75, 3.05) is 13.1 Å². The molecule has 4 nitrogen and oxygen atoms in total. The summed E-state index contributed by atoms with van der Waals surface area (Å²) in [4.78, 5) is 13.9. The Morgan fingerprint density at radius 1 is 1.44 bits per heavy atom. The van der Waals surface area contributed by atoms with Crippen LogP contribution in [0.4, 0.5) is 0 Å². The molecule has 2 rings (SSSR count). The van der Waals surface area contributed by atoms with Crippen LogP contribution in [-0.4, -0.2) is 35.0 Å². The molecule has 0 bridgehead atoms. The molecule has 1 amide bonds. The van der Waals surface area contributed by atoms with Crippen LogP contribution in [0.1, 0.15) is 23.2 Å². The molecular weight excluding hydrogens is 204 g/mol. The van der Waals surface area contributed by atoms with Crippen molar-refractivity contribution in [3.8, 4) is 5.75 Å². The number of aromatic hydroxyl groups is 1. The van der Waals surface area contributed by atoms with Crippen molar-refractivity contribution >= 4 is 5.91 Å². The second-order valence-corrected chi connectivity index (χ2v) is 4.04. The maximum Gasteiger partial charge on any atom is 0.257 e. The molecule has 86 valence electrons. The first-order chi connectivity index (χ1) is 7.74. The minimum absolute atomic E-state index is 0.0372. The monoisotopic (exact) mass is 220 g/mol. The molecule has 0 spiro atoms. The molecule has 0 saturated heterocycles. The van der Waals surface area contributed by atoms with Gasteiger partial charge in [-0.25, -0.2) is 0 Å². The van der Waals surface area contributed by atoms with Gasteiger partial charge in [-0.05, 0) is 25.0 Å². The van der Waals surface area contributed by atoms with Crippen LogP contribution in [0, 0.1) is 0 Å². The highest BCUT2D eigenvalue weighted by Gasteiger charge is 2.33. The lowest BCUT2D eigenvalue weighted by molar-refractivity contribution is 0.0745. The Morgan fingerprint density at radius 2 is 2.12 bits per heavy atom. The summed E-state index contributed by atoms with van der Waals surface area (Å²) < 4.78 is 0. The highest BCUT2D eigenvalue weighted by atomic mass is 16.3. The van der Waals surface area contributed by atoms with Gasteiger partial charge < -0.3 is 15.7 Å². The molecular formula is C12H16N2O2. The molecule has 0 aromatic heterocycles. The van der Waals surface area contributed by atoms with Gasteiger partial charge in [0.2, 0.25) is 0 Å². The first kappa shape index (κ1) is 11.0. The van der Waals surface area contributed by atoms with Gasteiger partial charge in [-0.15, -0.1) is 0 Å². The van der Waals surface area contributed by atoms with Crippen molar-refractivity contribution in [2.24, 2.45) is 5.73 Å². The van der Waals surface area contributed by atoms with Crippen molar-refractivity contribution < 1.29 is 9.90 Å². The topological polar surface area (TPSA) is 66.6 Å². The summed E-state index contributed by atoms with van der Waals surface area (Å²) in [5.41, 5.74) is 5.86. The van der Waals surface area contributed by atoms with E-state index in [9.17, 15) is 9.90 Å². The summed E-state index contributed by atoms with van der Waals surface area (Å²) in [5, 5.41) is 9.62. The van der Waals surface area contributed by atoms with Crippen LogP contribution >= 0.6 is 0 Å². The quantitative estimate of drug-likeness (QED) is 0.794. The van der Waals surface area contributed by atoms with Crippen LogP contribution < -0.4 is 5.73 Å². The Kier molecular flexibility index (Phi) is 3.10. The van der Waals surface area contributed by atoms with E-state index in [0.29, 0.717) is 24.7 Å².